The number of amides is 2. The van der Waals surface area contributed by atoms with Gasteiger partial charge in [-0.1, -0.05) is 57.2 Å². The highest BCUT2D eigenvalue weighted by atomic mass is 16.6. The molecule has 8 nitrogen and oxygen atoms in total. The van der Waals surface area contributed by atoms with Gasteiger partial charge in [-0.3, -0.25) is 14.4 Å². The third-order valence-corrected chi connectivity index (χ3v) is 5.42. The predicted octanol–water partition coefficient (Wildman–Crippen LogP) is 2.70. The molecule has 0 spiro atoms. The number of carbonyl (C=O) groups excluding carboxylic acids is 3. The molecular weight excluding hydrogens is 436 g/mol. The number of benzene rings is 2. The highest BCUT2D eigenvalue weighted by Gasteiger charge is 2.35. The number of ether oxygens (including phenoxy) is 3. The van der Waals surface area contributed by atoms with E-state index >= 15 is 0 Å². The Labute approximate surface area is 200 Å². The first-order chi connectivity index (χ1) is 16.3. The van der Waals surface area contributed by atoms with Gasteiger partial charge >= 0.3 is 5.97 Å². The molecule has 0 saturated carbocycles. The Morgan fingerprint density at radius 1 is 1.00 bits per heavy atom. The van der Waals surface area contributed by atoms with E-state index in [-0.39, 0.29) is 43.5 Å². The lowest BCUT2D eigenvalue weighted by Gasteiger charge is -2.34. The Morgan fingerprint density at radius 3 is 2.44 bits per heavy atom. The maximum atomic E-state index is 12.9. The molecule has 1 atom stereocenters. The number of piperazine rings is 1. The zero-order valence-electron chi connectivity index (χ0n) is 19.9. The van der Waals surface area contributed by atoms with Crippen LogP contribution >= 0.6 is 0 Å². The van der Waals surface area contributed by atoms with Gasteiger partial charge in [-0.2, -0.15) is 0 Å². The molecule has 8 heteroatoms. The topological polar surface area (TPSA) is 94.2 Å². The van der Waals surface area contributed by atoms with Crippen LogP contribution in [0.1, 0.15) is 32.8 Å². The van der Waals surface area contributed by atoms with E-state index in [0.29, 0.717) is 24.6 Å². The molecule has 34 heavy (non-hydrogen) atoms. The van der Waals surface area contributed by atoms with E-state index in [4.69, 9.17) is 14.2 Å². The number of rotatable bonds is 9. The molecule has 0 bridgehead atoms. The van der Waals surface area contributed by atoms with Crippen LogP contribution in [0.3, 0.4) is 0 Å². The first-order valence-corrected chi connectivity index (χ1v) is 11.4. The summed E-state index contributed by atoms with van der Waals surface area (Å²) in [5.74, 6) is -0.0133. The molecule has 0 radical (unpaired) electrons. The molecule has 1 aliphatic heterocycles. The van der Waals surface area contributed by atoms with Crippen molar-refractivity contribution in [3.8, 4) is 11.5 Å². The minimum Gasteiger partial charge on any atom is -0.490 e. The summed E-state index contributed by atoms with van der Waals surface area (Å²) in [6.45, 7) is 6.83. The van der Waals surface area contributed by atoms with E-state index in [1.807, 2.05) is 42.5 Å². The molecule has 0 aliphatic carbocycles. The summed E-state index contributed by atoms with van der Waals surface area (Å²) in [6, 6.07) is 15.8. The third-order valence-electron chi connectivity index (χ3n) is 5.42. The van der Waals surface area contributed by atoms with Crippen LogP contribution in [0.5, 0.6) is 11.5 Å². The standard InChI is InChI=1S/C26H32N2O6/c1-26(2,3)20-11-7-8-12-22(20)34-18-23(29)28-14-13-27-25(31)21(28)17-24(30)33-16-15-32-19-9-5-4-6-10-19/h4-12,21H,13-18H2,1-3H3,(H,27,31). The number of carbonyl (C=O) groups is 3. The molecule has 2 amide bonds. The molecule has 1 saturated heterocycles. The first kappa shape index (κ1) is 25.1. The first-order valence-electron chi connectivity index (χ1n) is 11.4. The van der Waals surface area contributed by atoms with Crippen molar-refractivity contribution in [3.63, 3.8) is 0 Å². The molecule has 3 rings (SSSR count). The highest BCUT2D eigenvalue weighted by molar-refractivity contribution is 5.92. The van der Waals surface area contributed by atoms with Crippen molar-refractivity contribution < 1.29 is 28.6 Å². The average Bonchev–Trinajstić information content (AvgIpc) is 2.82. The lowest BCUT2D eigenvalue weighted by atomic mass is 9.86. The van der Waals surface area contributed by atoms with Crippen molar-refractivity contribution in [1.82, 2.24) is 10.2 Å². The fourth-order valence-corrected chi connectivity index (χ4v) is 3.70. The van der Waals surface area contributed by atoms with Crippen LogP contribution in [-0.4, -0.2) is 61.6 Å². The van der Waals surface area contributed by atoms with Gasteiger partial charge in [0.25, 0.3) is 5.91 Å². The normalized spacial score (nSPS) is 15.9. The second-order valence-corrected chi connectivity index (χ2v) is 9.01. The van der Waals surface area contributed by atoms with Crippen molar-refractivity contribution in [3.05, 3.63) is 60.2 Å². The van der Waals surface area contributed by atoms with Gasteiger partial charge in [-0.15, -0.1) is 0 Å². The summed E-state index contributed by atoms with van der Waals surface area (Å²) in [5.41, 5.74) is 0.832. The van der Waals surface area contributed by atoms with Crippen LogP contribution in [0.4, 0.5) is 0 Å². The monoisotopic (exact) mass is 468 g/mol. The number of para-hydroxylation sites is 2. The molecular formula is C26H32N2O6. The lowest BCUT2D eigenvalue weighted by molar-refractivity contribution is -0.152. The van der Waals surface area contributed by atoms with Crippen molar-refractivity contribution in [2.24, 2.45) is 0 Å². The Bertz CT molecular complexity index is 986. The largest absolute Gasteiger partial charge is 0.490 e. The average molecular weight is 469 g/mol. The predicted molar refractivity (Wildman–Crippen MR) is 127 cm³/mol. The second kappa shape index (κ2) is 11.5. The SMILES string of the molecule is CC(C)(C)c1ccccc1OCC(=O)N1CCNC(=O)C1CC(=O)OCCOc1ccccc1. The third kappa shape index (κ3) is 6.97. The summed E-state index contributed by atoms with van der Waals surface area (Å²) in [5, 5.41) is 2.71. The van der Waals surface area contributed by atoms with E-state index in [9.17, 15) is 14.4 Å². The molecule has 1 heterocycles. The van der Waals surface area contributed by atoms with Crippen LogP contribution in [-0.2, 0) is 24.5 Å². The molecule has 2 aromatic rings. The van der Waals surface area contributed by atoms with Gasteiger partial charge in [-0.05, 0) is 29.2 Å². The summed E-state index contributed by atoms with van der Waals surface area (Å²) < 4.78 is 16.5. The highest BCUT2D eigenvalue weighted by Crippen LogP contribution is 2.31. The molecule has 2 aromatic carbocycles. The number of nitrogens with one attached hydrogen (secondary N) is 1. The van der Waals surface area contributed by atoms with Crippen molar-refractivity contribution in [2.75, 3.05) is 32.9 Å². The molecule has 1 unspecified atom stereocenters. The maximum absolute atomic E-state index is 12.9. The fraction of sp³-hybridized carbons (Fsp3) is 0.423. The van der Waals surface area contributed by atoms with Gasteiger partial charge in [0, 0.05) is 13.1 Å². The van der Waals surface area contributed by atoms with Gasteiger partial charge in [0.05, 0.1) is 6.42 Å². The van der Waals surface area contributed by atoms with Gasteiger partial charge < -0.3 is 24.4 Å². The van der Waals surface area contributed by atoms with Crippen LogP contribution in [0, 0.1) is 0 Å². The van der Waals surface area contributed by atoms with Gasteiger partial charge in [0.2, 0.25) is 5.91 Å². The lowest BCUT2D eigenvalue weighted by Crippen LogP contribution is -2.58. The van der Waals surface area contributed by atoms with E-state index in [2.05, 4.69) is 26.1 Å². The van der Waals surface area contributed by atoms with E-state index in [0.717, 1.165) is 5.56 Å². The number of hydrogen-bond acceptors (Lipinski definition) is 6. The van der Waals surface area contributed by atoms with E-state index in [1.165, 1.54) is 4.90 Å². The molecule has 1 aliphatic rings. The molecule has 182 valence electrons. The Balaban J connectivity index is 1.53. The quantitative estimate of drug-likeness (QED) is 0.449. The Kier molecular flexibility index (Phi) is 8.51. The zero-order chi connectivity index (χ0) is 24.6. The van der Waals surface area contributed by atoms with Crippen LogP contribution < -0.4 is 14.8 Å². The summed E-state index contributed by atoms with van der Waals surface area (Å²) >= 11 is 0. The number of esters is 1. The summed E-state index contributed by atoms with van der Waals surface area (Å²) in [7, 11) is 0. The maximum Gasteiger partial charge on any atom is 0.308 e. The van der Waals surface area contributed by atoms with E-state index < -0.39 is 12.0 Å². The van der Waals surface area contributed by atoms with Crippen LogP contribution in [0.25, 0.3) is 0 Å². The minimum atomic E-state index is -0.940. The van der Waals surface area contributed by atoms with Crippen molar-refractivity contribution in [1.29, 1.82) is 0 Å². The zero-order valence-corrected chi connectivity index (χ0v) is 19.9. The van der Waals surface area contributed by atoms with Gasteiger partial charge in [0.1, 0.15) is 30.8 Å². The number of nitrogens with zero attached hydrogens (tertiary/aromatic N) is 1. The Morgan fingerprint density at radius 2 is 1.71 bits per heavy atom. The van der Waals surface area contributed by atoms with Gasteiger partial charge in [-0.25, -0.2) is 0 Å². The number of hydrogen-bond donors (Lipinski definition) is 1. The van der Waals surface area contributed by atoms with Crippen LogP contribution in [0.15, 0.2) is 54.6 Å². The smallest absolute Gasteiger partial charge is 0.308 e. The molecule has 0 aromatic heterocycles. The van der Waals surface area contributed by atoms with Crippen LogP contribution in [0.2, 0.25) is 0 Å². The minimum absolute atomic E-state index is 0.0444. The van der Waals surface area contributed by atoms with E-state index in [1.54, 1.807) is 12.1 Å². The van der Waals surface area contributed by atoms with Gasteiger partial charge in [0.15, 0.2) is 6.61 Å². The molecule has 1 fully saturated rings. The van der Waals surface area contributed by atoms with Crippen molar-refractivity contribution >= 4 is 17.8 Å². The summed E-state index contributed by atoms with van der Waals surface area (Å²) in [6.07, 6.45) is -0.235. The molecule has 1 N–H and O–H groups in total. The Hall–Kier alpha value is -3.55. The fourth-order valence-electron chi connectivity index (χ4n) is 3.70. The second-order valence-electron chi connectivity index (χ2n) is 9.01. The van der Waals surface area contributed by atoms with Crippen molar-refractivity contribution in [2.45, 2.75) is 38.6 Å². The summed E-state index contributed by atoms with van der Waals surface area (Å²) in [4.78, 5) is 39.1.